The Morgan fingerprint density at radius 1 is 0.970 bits per heavy atom. The lowest BCUT2D eigenvalue weighted by Gasteiger charge is -2.35. The fraction of sp³-hybridized carbons (Fsp3) is 0.407. The number of ether oxygens (including phenoxy) is 1. The molecule has 2 atom stereocenters. The summed E-state index contributed by atoms with van der Waals surface area (Å²) in [5.41, 5.74) is 6.22. The van der Waals surface area contributed by atoms with Crippen molar-refractivity contribution in [3.05, 3.63) is 88.2 Å². The molecule has 0 saturated carbocycles. The van der Waals surface area contributed by atoms with E-state index >= 15 is 0 Å². The number of nitrogens with one attached hydrogen (secondary N) is 1. The molecule has 1 amide bonds. The Morgan fingerprint density at radius 2 is 1.67 bits per heavy atom. The molecule has 1 aliphatic rings. The van der Waals surface area contributed by atoms with Crippen molar-refractivity contribution in [2.45, 2.75) is 59.5 Å². The summed E-state index contributed by atoms with van der Waals surface area (Å²) in [6.45, 7) is 12.3. The van der Waals surface area contributed by atoms with Crippen LogP contribution in [0.15, 0.2) is 54.6 Å². The van der Waals surface area contributed by atoms with Crippen molar-refractivity contribution in [3.63, 3.8) is 0 Å². The molecule has 1 aliphatic heterocycles. The van der Waals surface area contributed by atoms with Crippen LogP contribution in [0.3, 0.4) is 0 Å². The minimum Gasteiger partial charge on any atom is -0.373 e. The summed E-state index contributed by atoms with van der Waals surface area (Å²) in [6, 6.07) is 18.3. The first-order valence-electron chi connectivity index (χ1n) is 11.7. The zero-order valence-corrected chi connectivity index (χ0v) is 20.0. The van der Waals surface area contributed by atoms with E-state index in [0.29, 0.717) is 18.7 Å². The Morgan fingerprint density at radius 3 is 2.33 bits per heavy atom. The van der Waals surface area contributed by atoms with Crippen molar-refractivity contribution >= 4 is 5.91 Å². The summed E-state index contributed by atoms with van der Waals surface area (Å²) in [4.78, 5) is 15.2. The van der Waals surface area contributed by atoms with Crippen LogP contribution in [0.5, 0.6) is 0 Å². The van der Waals surface area contributed by atoms with Crippen LogP contribution in [0.2, 0.25) is 0 Å². The Kier molecular flexibility index (Phi) is 7.26. The van der Waals surface area contributed by atoms with Gasteiger partial charge in [0.2, 0.25) is 0 Å². The lowest BCUT2D eigenvalue weighted by Crippen LogP contribution is -2.44. The summed E-state index contributed by atoms with van der Waals surface area (Å²) in [5, 5.41) is 7.56. The fourth-order valence-corrected chi connectivity index (χ4v) is 4.54. The highest BCUT2D eigenvalue weighted by Crippen LogP contribution is 2.15. The maximum Gasteiger partial charge on any atom is 0.251 e. The van der Waals surface area contributed by atoms with Crippen molar-refractivity contribution in [2.24, 2.45) is 0 Å². The molecule has 2 aromatic carbocycles. The first-order valence-corrected chi connectivity index (χ1v) is 11.7. The third-order valence-electron chi connectivity index (χ3n) is 6.00. The molecule has 1 aromatic heterocycles. The van der Waals surface area contributed by atoms with Gasteiger partial charge >= 0.3 is 0 Å². The molecule has 0 radical (unpaired) electrons. The quantitative estimate of drug-likeness (QED) is 0.594. The van der Waals surface area contributed by atoms with E-state index in [9.17, 15) is 4.79 Å². The Balaban J connectivity index is 1.31. The van der Waals surface area contributed by atoms with E-state index in [0.717, 1.165) is 42.1 Å². The van der Waals surface area contributed by atoms with Crippen LogP contribution in [0.4, 0.5) is 0 Å². The molecule has 6 nitrogen and oxygen atoms in total. The zero-order chi connectivity index (χ0) is 23.4. The van der Waals surface area contributed by atoms with Gasteiger partial charge in [0.25, 0.3) is 5.91 Å². The lowest BCUT2D eigenvalue weighted by molar-refractivity contribution is -0.0704. The number of aromatic nitrogens is 2. The van der Waals surface area contributed by atoms with Crippen LogP contribution in [0.25, 0.3) is 0 Å². The Hall–Kier alpha value is -2.96. The molecule has 3 aromatic rings. The number of carbonyl (C=O) groups excluding carboxylic acids is 1. The topological polar surface area (TPSA) is 59.4 Å². The van der Waals surface area contributed by atoms with E-state index in [4.69, 9.17) is 4.74 Å². The minimum atomic E-state index is -0.0643. The molecule has 0 aliphatic carbocycles. The number of amides is 1. The monoisotopic (exact) mass is 446 g/mol. The van der Waals surface area contributed by atoms with Crippen molar-refractivity contribution in [1.82, 2.24) is 20.0 Å². The summed E-state index contributed by atoms with van der Waals surface area (Å²) in [5.74, 6) is -0.0643. The zero-order valence-electron chi connectivity index (χ0n) is 20.0. The van der Waals surface area contributed by atoms with Crippen LogP contribution in [0, 0.1) is 13.8 Å². The summed E-state index contributed by atoms with van der Waals surface area (Å²) < 4.78 is 7.79. The predicted molar refractivity (Wildman–Crippen MR) is 130 cm³/mol. The first kappa shape index (κ1) is 23.2. The van der Waals surface area contributed by atoms with Crippen LogP contribution in [-0.2, 0) is 24.4 Å². The van der Waals surface area contributed by atoms with Gasteiger partial charge in [-0.3, -0.25) is 14.4 Å². The average molecular weight is 447 g/mol. The molecule has 0 bridgehead atoms. The summed E-state index contributed by atoms with van der Waals surface area (Å²) >= 11 is 0. The fourth-order valence-electron chi connectivity index (χ4n) is 4.54. The van der Waals surface area contributed by atoms with Crippen molar-refractivity contribution in [3.8, 4) is 0 Å². The minimum absolute atomic E-state index is 0.0643. The Labute approximate surface area is 196 Å². The molecule has 1 fully saturated rings. The van der Waals surface area contributed by atoms with E-state index in [1.54, 1.807) is 0 Å². The van der Waals surface area contributed by atoms with Crippen LogP contribution < -0.4 is 5.32 Å². The van der Waals surface area contributed by atoms with Crippen LogP contribution in [0.1, 0.15) is 52.3 Å². The van der Waals surface area contributed by atoms with Gasteiger partial charge in [-0.15, -0.1) is 0 Å². The number of benzene rings is 2. The molecule has 2 heterocycles. The van der Waals surface area contributed by atoms with Crippen LogP contribution in [-0.4, -0.2) is 45.9 Å². The van der Waals surface area contributed by atoms with Crippen molar-refractivity contribution in [2.75, 3.05) is 13.1 Å². The maximum atomic E-state index is 12.7. The second-order valence-corrected chi connectivity index (χ2v) is 9.24. The van der Waals surface area contributed by atoms with E-state index in [2.05, 4.69) is 59.5 Å². The van der Waals surface area contributed by atoms with E-state index in [1.165, 1.54) is 5.56 Å². The molecular formula is C27H34N4O2. The number of hydrogen-bond acceptors (Lipinski definition) is 4. The number of carbonyl (C=O) groups is 1. The van der Waals surface area contributed by atoms with Crippen molar-refractivity contribution < 1.29 is 9.53 Å². The number of rotatable bonds is 7. The highest BCUT2D eigenvalue weighted by molar-refractivity contribution is 5.94. The molecule has 1 saturated heterocycles. The molecule has 6 heteroatoms. The first-order chi connectivity index (χ1) is 15.9. The SMILES string of the molecule is Cc1cc(C)n(Cc2cccc(C(=O)NCc3ccc(CN4CC(C)OC(C)C4)cc3)c2)n1. The normalized spacial score (nSPS) is 18.9. The number of nitrogens with zero attached hydrogens (tertiary/aromatic N) is 3. The molecular weight excluding hydrogens is 412 g/mol. The van der Waals surface area contributed by atoms with Gasteiger partial charge in [0.1, 0.15) is 0 Å². The van der Waals surface area contributed by atoms with Gasteiger partial charge in [0.05, 0.1) is 24.4 Å². The smallest absolute Gasteiger partial charge is 0.251 e. The van der Waals surface area contributed by atoms with Gasteiger partial charge in [-0.1, -0.05) is 36.4 Å². The summed E-state index contributed by atoms with van der Waals surface area (Å²) in [6.07, 6.45) is 0.545. The second-order valence-electron chi connectivity index (χ2n) is 9.24. The number of morpholine rings is 1. The maximum absolute atomic E-state index is 12.7. The molecule has 33 heavy (non-hydrogen) atoms. The largest absolute Gasteiger partial charge is 0.373 e. The van der Waals surface area contributed by atoms with Gasteiger partial charge in [0, 0.05) is 37.4 Å². The van der Waals surface area contributed by atoms with Gasteiger partial charge in [-0.25, -0.2) is 0 Å². The van der Waals surface area contributed by atoms with E-state index < -0.39 is 0 Å². The number of hydrogen-bond donors (Lipinski definition) is 1. The number of aryl methyl sites for hydroxylation is 2. The molecule has 1 N–H and O–H groups in total. The van der Waals surface area contributed by atoms with Crippen LogP contribution >= 0.6 is 0 Å². The van der Waals surface area contributed by atoms with E-state index in [-0.39, 0.29) is 18.1 Å². The molecule has 4 rings (SSSR count). The highest BCUT2D eigenvalue weighted by Gasteiger charge is 2.21. The Bertz CT molecular complexity index is 1080. The predicted octanol–water partition coefficient (Wildman–Crippen LogP) is 4.09. The third-order valence-corrected chi connectivity index (χ3v) is 6.00. The summed E-state index contributed by atoms with van der Waals surface area (Å²) in [7, 11) is 0. The highest BCUT2D eigenvalue weighted by atomic mass is 16.5. The van der Waals surface area contributed by atoms with Gasteiger partial charge in [-0.05, 0) is 62.6 Å². The van der Waals surface area contributed by atoms with E-state index in [1.807, 2.05) is 42.8 Å². The second kappa shape index (κ2) is 10.3. The molecule has 174 valence electrons. The molecule has 0 spiro atoms. The lowest BCUT2D eigenvalue weighted by atomic mass is 10.1. The van der Waals surface area contributed by atoms with Gasteiger partial charge in [0.15, 0.2) is 0 Å². The van der Waals surface area contributed by atoms with Gasteiger partial charge in [-0.2, -0.15) is 5.10 Å². The third kappa shape index (κ3) is 6.30. The average Bonchev–Trinajstić information content (AvgIpc) is 3.09. The standard InChI is InChI=1S/C27H34N4O2/c1-19-12-20(2)31(29-19)18-25-6-5-7-26(13-25)27(32)28-14-23-8-10-24(11-9-23)17-30-15-21(3)33-22(4)16-30/h5-13,21-22H,14-18H2,1-4H3,(H,28,32). The molecule has 2 unspecified atom stereocenters. The van der Waals surface area contributed by atoms with Crippen molar-refractivity contribution in [1.29, 1.82) is 0 Å². The van der Waals surface area contributed by atoms with Gasteiger partial charge < -0.3 is 10.1 Å².